The molecule has 5 heteroatoms. The molecule has 0 aromatic rings. The molecule has 1 saturated carbocycles. The highest BCUT2D eigenvalue weighted by molar-refractivity contribution is 6.54. The van der Waals surface area contributed by atoms with Crippen LogP contribution in [0.5, 0.6) is 0 Å². The molecule has 0 N–H and O–H groups in total. The third kappa shape index (κ3) is 0.490. The van der Waals surface area contributed by atoms with Crippen molar-refractivity contribution in [2.24, 2.45) is 0 Å². The summed E-state index contributed by atoms with van der Waals surface area (Å²) < 4.78 is 32.3. The van der Waals surface area contributed by atoms with Gasteiger partial charge in [0, 0.05) is 0 Å². The van der Waals surface area contributed by atoms with Crippen LogP contribution in [0.1, 0.15) is 0 Å². The summed E-state index contributed by atoms with van der Waals surface area (Å²) in [6, 6.07) is 0. The first-order chi connectivity index (χ1) is 3.40. The van der Waals surface area contributed by atoms with Gasteiger partial charge in [0.1, 0.15) is 0 Å². The molecule has 0 aromatic heterocycles. The zero-order chi connectivity index (χ0) is 6.58. The molecule has 1 rings (SSSR count). The van der Waals surface area contributed by atoms with E-state index >= 15 is 0 Å². The summed E-state index contributed by atoms with van der Waals surface area (Å²) >= 11 is 9.37. The molecule has 1 radical (unpaired) electrons. The Labute approximate surface area is 53.6 Å². The first-order valence-electron chi connectivity index (χ1n) is 1.69. The minimum absolute atomic E-state index is 1.66. The molecule has 0 bridgehead atoms. The van der Waals surface area contributed by atoms with Crippen LogP contribution in [0, 0.1) is 6.17 Å². The Bertz CT molecular complexity index is 108. The van der Waals surface area contributed by atoms with Crippen LogP contribution in [0.25, 0.3) is 0 Å². The highest BCUT2D eigenvalue weighted by atomic mass is 35.5. The molecule has 1 aliphatic carbocycles. The van der Waals surface area contributed by atoms with E-state index in [2.05, 4.69) is 23.2 Å². The number of hydrogen-bond donors (Lipinski definition) is 0. The first kappa shape index (κ1) is 6.49. The van der Waals surface area contributed by atoms with Crippen molar-refractivity contribution in [3.63, 3.8) is 0 Å². The highest BCUT2D eigenvalue weighted by Gasteiger charge is 2.84. The van der Waals surface area contributed by atoms with Crippen LogP contribution in [0.15, 0.2) is 0 Å². The third-order valence-corrected chi connectivity index (χ3v) is 1.69. The van der Waals surface area contributed by atoms with Crippen LogP contribution < -0.4 is 0 Å². The molecule has 0 heterocycles. The van der Waals surface area contributed by atoms with Crippen LogP contribution in [0.2, 0.25) is 0 Å². The van der Waals surface area contributed by atoms with Gasteiger partial charge in [0.25, 0.3) is 6.17 Å². The Kier molecular flexibility index (Phi) is 1.03. The maximum absolute atomic E-state index is 11.6. The summed E-state index contributed by atoms with van der Waals surface area (Å²) in [4.78, 5) is 0. The van der Waals surface area contributed by atoms with Crippen LogP contribution in [0.4, 0.5) is 13.2 Å². The lowest BCUT2D eigenvalue weighted by molar-refractivity contribution is 0.108. The molecule has 0 nitrogen and oxygen atoms in total. The summed E-state index contributed by atoms with van der Waals surface area (Å²) in [5.41, 5.74) is 0. The molecule has 8 heavy (non-hydrogen) atoms. The summed E-state index contributed by atoms with van der Waals surface area (Å²) in [7, 11) is 0. The average Bonchev–Trinajstić information content (AvgIpc) is 1.88. The van der Waals surface area contributed by atoms with Crippen molar-refractivity contribution in [2.75, 3.05) is 0 Å². The molecule has 0 aliphatic heterocycles. The highest BCUT2D eigenvalue weighted by Crippen LogP contribution is 2.68. The Morgan fingerprint density at radius 1 is 1.25 bits per heavy atom. The van der Waals surface area contributed by atoms with Gasteiger partial charge in [-0.25, -0.2) is 4.39 Å². The van der Waals surface area contributed by atoms with E-state index in [1.807, 2.05) is 0 Å². The Hall–Kier alpha value is 0.370. The predicted molar refractivity (Wildman–Crippen MR) is 23.7 cm³/mol. The lowest BCUT2D eigenvalue weighted by Gasteiger charge is -1.88. The topological polar surface area (TPSA) is 0 Å². The van der Waals surface area contributed by atoms with Gasteiger partial charge in [-0.3, -0.25) is 0 Å². The van der Waals surface area contributed by atoms with Gasteiger partial charge in [0.2, 0.25) is 4.33 Å². The van der Waals surface area contributed by atoms with E-state index in [1.165, 1.54) is 0 Å². The average molecular weight is 164 g/mol. The smallest absolute Gasteiger partial charge is 0.229 e. The van der Waals surface area contributed by atoms with E-state index in [0.717, 1.165) is 0 Å². The maximum Gasteiger partial charge on any atom is 0.324 e. The molecule has 0 unspecified atom stereocenters. The monoisotopic (exact) mass is 163 g/mol. The second-order valence-electron chi connectivity index (χ2n) is 1.46. The van der Waals surface area contributed by atoms with Gasteiger partial charge < -0.3 is 0 Å². The molecule has 1 fully saturated rings. The number of hydrogen-bond acceptors (Lipinski definition) is 0. The van der Waals surface area contributed by atoms with Crippen molar-refractivity contribution in [3.05, 3.63) is 6.17 Å². The fourth-order valence-corrected chi connectivity index (χ4v) is 0.570. The quantitative estimate of drug-likeness (QED) is 0.482. The van der Waals surface area contributed by atoms with Gasteiger partial charge in [-0.2, -0.15) is 8.78 Å². The number of rotatable bonds is 0. The maximum atomic E-state index is 11.6. The second-order valence-corrected chi connectivity index (χ2v) is 2.79. The van der Waals surface area contributed by atoms with Crippen molar-refractivity contribution in [1.82, 2.24) is 0 Å². The van der Waals surface area contributed by atoms with Crippen molar-refractivity contribution in [3.8, 4) is 0 Å². The molecule has 0 amide bonds. The summed E-state index contributed by atoms with van der Waals surface area (Å²) in [5, 5.41) is 0. The van der Waals surface area contributed by atoms with E-state index in [1.54, 1.807) is 0 Å². The molecule has 0 spiro atoms. The molecule has 0 saturated heterocycles. The fourth-order valence-electron chi connectivity index (χ4n) is 0.261. The van der Waals surface area contributed by atoms with Crippen molar-refractivity contribution in [2.45, 2.75) is 10.3 Å². The SMILES string of the molecule is F[C]1C(F)(F)C1(Cl)Cl. The van der Waals surface area contributed by atoms with Gasteiger partial charge in [0.15, 0.2) is 0 Å². The summed E-state index contributed by atoms with van der Waals surface area (Å²) in [6.07, 6.45) is -1.66. The summed E-state index contributed by atoms with van der Waals surface area (Å²) in [5.74, 6) is -3.61. The standard InChI is InChI=1S/C3Cl2F3/c4-2(5)1(6)3(2,7)8. The molecule has 0 atom stereocenters. The van der Waals surface area contributed by atoms with Gasteiger partial charge in [-0.1, -0.05) is 23.2 Å². The van der Waals surface area contributed by atoms with Crippen molar-refractivity contribution >= 4 is 23.2 Å². The molecular formula is C3Cl2F3. The van der Waals surface area contributed by atoms with Crippen molar-refractivity contribution in [1.29, 1.82) is 0 Å². The van der Waals surface area contributed by atoms with E-state index in [9.17, 15) is 13.2 Å². The van der Waals surface area contributed by atoms with E-state index in [0.29, 0.717) is 0 Å². The second kappa shape index (κ2) is 1.27. The zero-order valence-corrected chi connectivity index (χ0v) is 4.90. The van der Waals surface area contributed by atoms with Crippen LogP contribution >= 0.6 is 23.2 Å². The Morgan fingerprint density at radius 2 is 1.38 bits per heavy atom. The lowest BCUT2D eigenvalue weighted by atomic mass is 10.8. The number of halogens is 5. The molecular weight excluding hydrogens is 164 g/mol. The lowest BCUT2D eigenvalue weighted by Crippen LogP contribution is -1.99. The summed E-state index contributed by atoms with van der Waals surface area (Å²) in [6.45, 7) is 0. The minimum Gasteiger partial charge on any atom is -0.229 e. The normalized spacial score (nSPS) is 32.6. The van der Waals surface area contributed by atoms with Crippen LogP contribution in [-0.2, 0) is 0 Å². The van der Waals surface area contributed by atoms with E-state index in [-0.39, 0.29) is 0 Å². The Balaban J connectivity index is 2.72. The van der Waals surface area contributed by atoms with Gasteiger partial charge >= 0.3 is 5.92 Å². The van der Waals surface area contributed by atoms with Crippen LogP contribution in [-0.4, -0.2) is 10.3 Å². The minimum atomic E-state index is -3.61. The first-order valence-corrected chi connectivity index (χ1v) is 2.45. The van der Waals surface area contributed by atoms with E-state index < -0.39 is 16.4 Å². The molecule has 1 aliphatic rings. The molecule has 0 aromatic carbocycles. The van der Waals surface area contributed by atoms with E-state index in [4.69, 9.17) is 0 Å². The predicted octanol–water partition coefficient (Wildman–Crippen LogP) is 2.31. The largest absolute Gasteiger partial charge is 0.324 e. The number of alkyl halides is 4. The van der Waals surface area contributed by atoms with Gasteiger partial charge in [0.05, 0.1) is 0 Å². The fraction of sp³-hybridized carbons (Fsp3) is 0.667. The Morgan fingerprint density at radius 3 is 1.38 bits per heavy atom. The third-order valence-electron chi connectivity index (χ3n) is 0.883. The van der Waals surface area contributed by atoms with Gasteiger partial charge in [-0.05, 0) is 0 Å². The van der Waals surface area contributed by atoms with Crippen LogP contribution in [0.3, 0.4) is 0 Å². The zero-order valence-electron chi connectivity index (χ0n) is 3.39. The van der Waals surface area contributed by atoms with Gasteiger partial charge in [-0.15, -0.1) is 0 Å². The van der Waals surface area contributed by atoms with Crippen molar-refractivity contribution < 1.29 is 13.2 Å². The molecule has 47 valence electrons.